The molecule has 0 amide bonds. The van der Waals surface area contributed by atoms with Crippen LogP contribution in [0.1, 0.15) is 18.4 Å². The van der Waals surface area contributed by atoms with Crippen molar-refractivity contribution in [1.29, 1.82) is 0 Å². The van der Waals surface area contributed by atoms with Crippen LogP contribution in [-0.2, 0) is 30.2 Å². The van der Waals surface area contributed by atoms with Crippen molar-refractivity contribution in [3.8, 4) is 0 Å². The first-order valence-corrected chi connectivity index (χ1v) is 7.43. The van der Waals surface area contributed by atoms with Gasteiger partial charge in [0.25, 0.3) is 0 Å². The maximum Gasteiger partial charge on any atom is 0.330 e. The Hall–Kier alpha value is -2.14. The average Bonchev–Trinajstić information content (AvgIpc) is 2.80. The average molecular weight is 302 g/mol. The summed E-state index contributed by atoms with van der Waals surface area (Å²) < 4.78 is 16.3. The predicted octanol–water partition coefficient (Wildman–Crippen LogP) is 1.80. The molecular weight excluding hydrogens is 284 g/mol. The molecule has 1 aromatic carbocycles. The van der Waals surface area contributed by atoms with Crippen molar-refractivity contribution < 1.29 is 23.8 Å². The summed E-state index contributed by atoms with van der Waals surface area (Å²) in [5.41, 5.74) is 0.920. The normalized spacial score (nSPS) is 26.9. The van der Waals surface area contributed by atoms with Crippen molar-refractivity contribution in [3.63, 3.8) is 0 Å². The maximum atomic E-state index is 11.8. The standard InChI is InChI=1S/C17H18O5/c18-16-8-4-7-14-15(22-16)10-13(21-14)11-20-17(19)9-12-5-2-1-3-6-12/h1-6,8,13-15H,7,9-11H2/t13-,14-,15-/m1/s1. The zero-order valence-corrected chi connectivity index (χ0v) is 12.1. The van der Waals surface area contributed by atoms with Crippen LogP contribution in [0.4, 0.5) is 0 Å². The first-order valence-electron chi connectivity index (χ1n) is 7.43. The van der Waals surface area contributed by atoms with E-state index in [1.54, 1.807) is 6.08 Å². The maximum absolute atomic E-state index is 11.8. The summed E-state index contributed by atoms with van der Waals surface area (Å²) in [6, 6.07) is 9.45. The third kappa shape index (κ3) is 3.74. The van der Waals surface area contributed by atoms with Crippen molar-refractivity contribution >= 4 is 11.9 Å². The van der Waals surface area contributed by atoms with Crippen molar-refractivity contribution in [2.24, 2.45) is 0 Å². The van der Waals surface area contributed by atoms with Crippen LogP contribution in [0, 0.1) is 0 Å². The Morgan fingerprint density at radius 3 is 2.86 bits per heavy atom. The van der Waals surface area contributed by atoms with Crippen LogP contribution < -0.4 is 0 Å². The van der Waals surface area contributed by atoms with E-state index in [0.29, 0.717) is 12.8 Å². The molecule has 1 fully saturated rings. The van der Waals surface area contributed by atoms with Gasteiger partial charge in [0.05, 0.1) is 18.6 Å². The van der Waals surface area contributed by atoms with Crippen LogP contribution >= 0.6 is 0 Å². The fraction of sp³-hybridized carbons (Fsp3) is 0.412. The van der Waals surface area contributed by atoms with Gasteiger partial charge in [0.2, 0.25) is 0 Å². The highest BCUT2D eigenvalue weighted by molar-refractivity contribution is 5.82. The zero-order valence-electron chi connectivity index (χ0n) is 12.1. The van der Waals surface area contributed by atoms with E-state index < -0.39 is 0 Å². The number of benzene rings is 1. The molecule has 0 saturated carbocycles. The van der Waals surface area contributed by atoms with Gasteiger partial charge in [-0.2, -0.15) is 0 Å². The third-order valence-electron chi connectivity index (χ3n) is 3.79. The minimum absolute atomic E-state index is 0.138. The summed E-state index contributed by atoms with van der Waals surface area (Å²) in [5, 5.41) is 0. The Morgan fingerprint density at radius 1 is 1.23 bits per heavy atom. The van der Waals surface area contributed by atoms with Gasteiger partial charge >= 0.3 is 11.9 Å². The molecule has 0 unspecified atom stereocenters. The number of fused-ring (bicyclic) bond motifs is 1. The van der Waals surface area contributed by atoms with E-state index in [2.05, 4.69) is 0 Å². The molecular formula is C17H18O5. The summed E-state index contributed by atoms with van der Waals surface area (Å²) in [6.07, 6.45) is 4.04. The first-order chi connectivity index (χ1) is 10.7. The first kappa shape index (κ1) is 14.8. The van der Waals surface area contributed by atoms with E-state index in [1.807, 2.05) is 30.3 Å². The molecule has 116 valence electrons. The zero-order chi connectivity index (χ0) is 15.4. The van der Waals surface area contributed by atoms with Gasteiger partial charge in [0, 0.05) is 12.5 Å². The number of ether oxygens (including phenoxy) is 3. The van der Waals surface area contributed by atoms with Crippen LogP contribution in [0.15, 0.2) is 42.5 Å². The summed E-state index contributed by atoms with van der Waals surface area (Å²) in [4.78, 5) is 23.2. The van der Waals surface area contributed by atoms with Gasteiger partial charge in [-0.25, -0.2) is 4.79 Å². The van der Waals surface area contributed by atoms with Gasteiger partial charge in [-0.15, -0.1) is 0 Å². The smallest absolute Gasteiger partial charge is 0.330 e. The molecule has 2 aliphatic heterocycles. The molecule has 3 rings (SSSR count). The quantitative estimate of drug-likeness (QED) is 0.794. The summed E-state index contributed by atoms with van der Waals surface area (Å²) >= 11 is 0. The van der Waals surface area contributed by atoms with Gasteiger partial charge in [-0.3, -0.25) is 4.79 Å². The highest BCUT2D eigenvalue weighted by Gasteiger charge is 2.38. The van der Waals surface area contributed by atoms with Crippen molar-refractivity contribution in [3.05, 3.63) is 48.0 Å². The topological polar surface area (TPSA) is 61.8 Å². The van der Waals surface area contributed by atoms with Crippen LogP contribution in [0.3, 0.4) is 0 Å². The van der Waals surface area contributed by atoms with Crippen LogP contribution in [0.2, 0.25) is 0 Å². The van der Waals surface area contributed by atoms with Gasteiger partial charge < -0.3 is 14.2 Å². The van der Waals surface area contributed by atoms with E-state index in [0.717, 1.165) is 5.56 Å². The Labute approximate surface area is 128 Å². The second-order valence-corrected chi connectivity index (χ2v) is 5.49. The fourth-order valence-electron chi connectivity index (χ4n) is 2.73. The van der Waals surface area contributed by atoms with Crippen LogP contribution in [-0.4, -0.2) is 36.9 Å². The molecule has 5 nitrogen and oxygen atoms in total. The molecule has 0 aromatic heterocycles. The lowest BCUT2D eigenvalue weighted by Crippen LogP contribution is -2.24. The lowest BCUT2D eigenvalue weighted by molar-refractivity contribution is -0.146. The number of hydrogen-bond donors (Lipinski definition) is 0. The van der Waals surface area contributed by atoms with E-state index in [1.165, 1.54) is 6.08 Å². The lowest BCUT2D eigenvalue weighted by Gasteiger charge is -2.14. The second kappa shape index (κ2) is 6.75. The summed E-state index contributed by atoms with van der Waals surface area (Å²) in [5.74, 6) is -0.614. The fourth-order valence-corrected chi connectivity index (χ4v) is 2.73. The molecule has 3 atom stereocenters. The number of carbonyl (C=O) groups excluding carboxylic acids is 2. The number of rotatable bonds is 4. The molecule has 2 aliphatic rings. The van der Waals surface area contributed by atoms with Crippen LogP contribution in [0.25, 0.3) is 0 Å². The molecule has 1 aromatic rings. The SMILES string of the molecule is O=C1C=CC[C@H]2O[C@@H](COC(=O)Cc3ccccc3)C[C@H]2O1. The minimum Gasteiger partial charge on any atom is -0.463 e. The highest BCUT2D eigenvalue weighted by Crippen LogP contribution is 2.28. The van der Waals surface area contributed by atoms with Gasteiger partial charge in [-0.1, -0.05) is 36.4 Å². The molecule has 0 radical (unpaired) electrons. The van der Waals surface area contributed by atoms with Gasteiger partial charge in [-0.05, 0) is 12.0 Å². The van der Waals surface area contributed by atoms with E-state index >= 15 is 0 Å². The molecule has 0 bridgehead atoms. The molecule has 0 N–H and O–H groups in total. The minimum atomic E-state index is -0.335. The monoisotopic (exact) mass is 302 g/mol. The summed E-state index contributed by atoms with van der Waals surface area (Å²) in [7, 11) is 0. The predicted molar refractivity (Wildman–Crippen MR) is 78.0 cm³/mol. The second-order valence-electron chi connectivity index (χ2n) is 5.49. The van der Waals surface area contributed by atoms with Gasteiger partial charge in [0.15, 0.2) is 0 Å². The largest absolute Gasteiger partial charge is 0.463 e. The van der Waals surface area contributed by atoms with E-state index in [9.17, 15) is 9.59 Å². The molecule has 22 heavy (non-hydrogen) atoms. The number of carbonyl (C=O) groups is 2. The number of esters is 2. The summed E-state index contributed by atoms with van der Waals surface area (Å²) in [6.45, 7) is 0.194. The van der Waals surface area contributed by atoms with E-state index in [4.69, 9.17) is 14.2 Å². The Kier molecular flexibility index (Phi) is 4.53. The Morgan fingerprint density at radius 2 is 2.05 bits per heavy atom. The Bertz CT molecular complexity index is 566. The molecule has 0 aliphatic carbocycles. The number of hydrogen-bond acceptors (Lipinski definition) is 5. The molecule has 5 heteroatoms. The molecule has 0 spiro atoms. The van der Waals surface area contributed by atoms with Crippen molar-refractivity contribution in [2.75, 3.05) is 6.61 Å². The van der Waals surface area contributed by atoms with Crippen LogP contribution in [0.5, 0.6) is 0 Å². The highest BCUT2D eigenvalue weighted by atomic mass is 16.6. The van der Waals surface area contributed by atoms with E-state index in [-0.39, 0.29) is 43.3 Å². The van der Waals surface area contributed by atoms with Crippen molar-refractivity contribution in [1.82, 2.24) is 0 Å². The lowest BCUT2D eigenvalue weighted by atomic mass is 10.1. The molecule has 2 heterocycles. The molecule has 1 saturated heterocycles. The van der Waals surface area contributed by atoms with Crippen molar-refractivity contribution in [2.45, 2.75) is 37.6 Å². The Balaban J connectivity index is 1.46. The third-order valence-corrected chi connectivity index (χ3v) is 3.79. The van der Waals surface area contributed by atoms with Gasteiger partial charge in [0.1, 0.15) is 12.7 Å².